The average molecular weight is 243 g/mol. The molecule has 1 atom stereocenters. The van der Waals surface area contributed by atoms with Gasteiger partial charge in [0.25, 0.3) is 0 Å². The van der Waals surface area contributed by atoms with E-state index >= 15 is 0 Å². The third-order valence-corrected chi connectivity index (χ3v) is 4.56. The van der Waals surface area contributed by atoms with Crippen LogP contribution in [0.2, 0.25) is 0 Å². The van der Waals surface area contributed by atoms with Gasteiger partial charge in [-0.05, 0) is 68.2 Å². The monoisotopic (exact) mass is 243 g/mol. The number of benzene rings is 1. The first-order valence-electron chi connectivity index (χ1n) is 7.68. The van der Waals surface area contributed by atoms with Gasteiger partial charge in [-0.3, -0.25) is 0 Å². The molecular weight excluding hydrogens is 218 g/mol. The van der Waals surface area contributed by atoms with E-state index in [2.05, 4.69) is 30.4 Å². The van der Waals surface area contributed by atoms with Crippen LogP contribution in [0.3, 0.4) is 0 Å². The maximum absolute atomic E-state index is 3.67. The van der Waals surface area contributed by atoms with Crippen molar-refractivity contribution >= 4 is 0 Å². The van der Waals surface area contributed by atoms with Crippen molar-refractivity contribution in [1.29, 1.82) is 0 Å². The van der Waals surface area contributed by atoms with E-state index in [1.807, 2.05) is 0 Å². The molecule has 1 aromatic rings. The van der Waals surface area contributed by atoms with E-state index in [-0.39, 0.29) is 0 Å². The molecule has 1 aromatic carbocycles. The quantitative estimate of drug-likeness (QED) is 0.744. The summed E-state index contributed by atoms with van der Waals surface area (Å²) in [5.41, 5.74) is 4.65. The molecule has 0 bridgehead atoms. The highest BCUT2D eigenvalue weighted by molar-refractivity contribution is 5.36. The lowest BCUT2D eigenvalue weighted by atomic mass is 10.0. The van der Waals surface area contributed by atoms with Gasteiger partial charge in [0, 0.05) is 6.04 Å². The molecule has 1 fully saturated rings. The van der Waals surface area contributed by atoms with Gasteiger partial charge in [0.1, 0.15) is 0 Å². The Kier molecular flexibility index (Phi) is 3.69. The lowest BCUT2D eigenvalue weighted by Gasteiger charge is -2.15. The first-order valence-corrected chi connectivity index (χ1v) is 7.68. The molecule has 1 unspecified atom stereocenters. The summed E-state index contributed by atoms with van der Waals surface area (Å²) in [6.07, 6.45) is 9.68. The van der Waals surface area contributed by atoms with Crippen molar-refractivity contribution in [3.8, 4) is 0 Å². The topological polar surface area (TPSA) is 12.0 Å². The standard InChI is InChI=1S/C17H25N/c1-13(18-11-3-4-14-7-8-14)16-10-9-15-5-2-6-17(15)12-16/h9-10,12-14,18H,2-8,11H2,1H3. The van der Waals surface area contributed by atoms with Gasteiger partial charge in [-0.15, -0.1) is 0 Å². The molecule has 3 rings (SSSR count). The fourth-order valence-corrected chi connectivity index (χ4v) is 3.09. The van der Waals surface area contributed by atoms with E-state index in [0.29, 0.717) is 6.04 Å². The maximum Gasteiger partial charge on any atom is 0.0291 e. The molecule has 1 nitrogen and oxygen atoms in total. The first kappa shape index (κ1) is 12.2. The number of aryl methyl sites for hydroxylation is 2. The van der Waals surface area contributed by atoms with Crippen LogP contribution >= 0.6 is 0 Å². The molecule has 2 aliphatic carbocycles. The Balaban J connectivity index is 1.49. The number of rotatable bonds is 6. The predicted octanol–water partition coefficient (Wildman–Crippen LogP) is 4.02. The van der Waals surface area contributed by atoms with Crippen molar-refractivity contribution in [2.45, 2.75) is 57.9 Å². The Morgan fingerprint density at radius 3 is 2.89 bits per heavy atom. The summed E-state index contributed by atoms with van der Waals surface area (Å²) in [6, 6.07) is 7.61. The van der Waals surface area contributed by atoms with Crippen LogP contribution in [0, 0.1) is 5.92 Å². The van der Waals surface area contributed by atoms with E-state index in [9.17, 15) is 0 Å². The molecule has 18 heavy (non-hydrogen) atoms. The van der Waals surface area contributed by atoms with Gasteiger partial charge in [0.05, 0.1) is 0 Å². The van der Waals surface area contributed by atoms with Crippen LogP contribution in [0.25, 0.3) is 0 Å². The predicted molar refractivity (Wildman–Crippen MR) is 76.8 cm³/mol. The Hall–Kier alpha value is -0.820. The van der Waals surface area contributed by atoms with Crippen molar-refractivity contribution in [2.24, 2.45) is 5.92 Å². The SMILES string of the molecule is CC(NCCCC1CC1)c1ccc2c(c1)CCC2. The second kappa shape index (κ2) is 5.44. The van der Waals surface area contributed by atoms with Crippen LogP contribution in [0.4, 0.5) is 0 Å². The Morgan fingerprint density at radius 2 is 2.06 bits per heavy atom. The van der Waals surface area contributed by atoms with Crippen molar-refractivity contribution in [1.82, 2.24) is 5.32 Å². The van der Waals surface area contributed by atoms with Crippen molar-refractivity contribution in [3.63, 3.8) is 0 Å². The van der Waals surface area contributed by atoms with E-state index in [4.69, 9.17) is 0 Å². The maximum atomic E-state index is 3.67. The lowest BCUT2D eigenvalue weighted by Crippen LogP contribution is -2.20. The molecule has 98 valence electrons. The molecule has 0 spiro atoms. The van der Waals surface area contributed by atoms with E-state index in [1.54, 1.807) is 11.1 Å². The second-order valence-electron chi connectivity index (χ2n) is 6.14. The van der Waals surface area contributed by atoms with Crippen LogP contribution in [0.15, 0.2) is 18.2 Å². The van der Waals surface area contributed by atoms with Gasteiger partial charge >= 0.3 is 0 Å². The Morgan fingerprint density at radius 1 is 1.22 bits per heavy atom. The molecular formula is C17H25N. The number of hydrogen-bond acceptors (Lipinski definition) is 1. The van der Waals surface area contributed by atoms with E-state index < -0.39 is 0 Å². The largest absolute Gasteiger partial charge is 0.310 e. The Labute approximate surface area is 111 Å². The molecule has 0 aromatic heterocycles. The van der Waals surface area contributed by atoms with Crippen LogP contribution in [0.1, 0.15) is 61.8 Å². The highest BCUT2D eigenvalue weighted by Gasteiger charge is 2.20. The highest BCUT2D eigenvalue weighted by atomic mass is 14.9. The van der Waals surface area contributed by atoms with Crippen molar-refractivity contribution < 1.29 is 0 Å². The minimum Gasteiger partial charge on any atom is -0.310 e. The zero-order valence-corrected chi connectivity index (χ0v) is 11.5. The van der Waals surface area contributed by atoms with Gasteiger partial charge in [-0.1, -0.05) is 31.0 Å². The number of hydrogen-bond donors (Lipinski definition) is 1. The molecule has 1 heteroatoms. The molecule has 0 heterocycles. The molecule has 0 amide bonds. The lowest BCUT2D eigenvalue weighted by molar-refractivity contribution is 0.533. The normalized spacial score (nSPS) is 19.8. The summed E-state index contributed by atoms with van der Waals surface area (Å²) in [5, 5.41) is 3.67. The second-order valence-corrected chi connectivity index (χ2v) is 6.14. The highest BCUT2D eigenvalue weighted by Crippen LogP contribution is 2.33. The van der Waals surface area contributed by atoms with Gasteiger partial charge in [-0.2, -0.15) is 0 Å². The Bertz CT molecular complexity index is 406. The summed E-state index contributed by atoms with van der Waals surface area (Å²) in [6.45, 7) is 3.47. The summed E-state index contributed by atoms with van der Waals surface area (Å²) in [7, 11) is 0. The zero-order valence-electron chi connectivity index (χ0n) is 11.5. The zero-order chi connectivity index (χ0) is 12.4. The van der Waals surface area contributed by atoms with E-state index in [0.717, 1.165) is 5.92 Å². The molecule has 0 radical (unpaired) electrons. The van der Waals surface area contributed by atoms with Gasteiger partial charge in [-0.25, -0.2) is 0 Å². The van der Waals surface area contributed by atoms with Gasteiger partial charge < -0.3 is 5.32 Å². The van der Waals surface area contributed by atoms with Crippen molar-refractivity contribution in [2.75, 3.05) is 6.54 Å². The average Bonchev–Trinajstić information content (AvgIpc) is 3.09. The molecule has 1 N–H and O–H groups in total. The summed E-state index contributed by atoms with van der Waals surface area (Å²) in [4.78, 5) is 0. The third-order valence-electron chi connectivity index (χ3n) is 4.56. The van der Waals surface area contributed by atoms with Gasteiger partial charge in [0.2, 0.25) is 0 Å². The van der Waals surface area contributed by atoms with E-state index in [1.165, 1.54) is 57.1 Å². The third kappa shape index (κ3) is 2.95. The number of nitrogens with one attached hydrogen (secondary N) is 1. The molecule has 1 saturated carbocycles. The molecule has 0 saturated heterocycles. The number of fused-ring (bicyclic) bond motifs is 1. The summed E-state index contributed by atoms with van der Waals surface area (Å²) in [5.74, 6) is 1.07. The molecule has 0 aliphatic heterocycles. The minimum absolute atomic E-state index is 0.509. The van der Waals surface area contributed by atoms with Crippen molar-refractivity contribution in [3.05, 3.63) is 34.9 Å². The fourth-order valence-electron chi connectivity index (χ4n) is 3.09. The van der Waals surface area contributed by atoms with Crippen LogP contribution in [0.5, 0.6) is 0 Å². The minimum atomic E-state index is 0.509. The smallest absolute Gasteiger partial charge is 0.0291 e. The first-order chi connectivity index (χ1) is 8.83. The summed E-state index contributed by atoms with van der Waals surface area (Å²) >= 11 is 0. The summed E-state index contributed by atoms with van der Waals surface area (Å²) < 4.78 is 0. The van der Waals surface area contributed by atoms with Crippen LogP contribution in [-0.2, 0) is 12.8 Å². The fraction of sp³-hybridized carbons (Fsp3) is 0.647. The van der Waals surface area contributed by atoms with Gasteiger partial charge in [0.15, 0.2) is 0 Å². The van der Waals surface area contributed by atoms with Crippen LogP contribution in [-0.4, -0.2) is 6.54 Å². The van der Waals surface area contributed by atoms with Crippen LogP contribution < -0.4 is 5.32 Å². The molecule has 2 aliphatic rings.